The van der Waals surface area contributed by atoms with Gasteiger partial charge in [0.15, 0.2) is 11.3 Å². The van der Waals surface area contributed by atoms with Crippen molar-refractivity contribution in [3.05, 3.63) is 35.9 Å². The zero-order chi connectivity index (χ0) is 27.5. The molecular formula is C29H44N5O4. The molecule has 1 saturated heterocycles. The predicted molar refractivity (Wildman–Crippen MR) is 147 cm³/mol. The Bertz CT molecular complexity index is 936. The number of unbranched alkanes of at least 4 members (excludes halogenated alkanes) is 1. The summed E-state index contributed by atoms with van der Waals surface area (Å²) in [5, 5.41) is 5.83. The first kappa shape index (κ1) is 29.9. The Morgan fingerprint density at radius 3 is 2.37 bits per heavy atom. The van der Waals surface area contributed by atoms with E-state index in [0.717, 1.165) is 37.7 Å². The molecule has 1 aromatic carbocycles. The van der Waals surface area contributed by atoms with Crippen LogP contribution in [0.3, 0.4) is 0 Å². The number of carbonyl (C=O) groups excluding carboxylic acids is 4. The number of nitrogens with two attached hydrogens (primary N) is 2. The molecule has 9 heteroatoms. The first-order valence-corrected chi connectivity index (χ1v) is 14.1. The molecule has 2 fully saturated rings. The largest absolute Gasteiger partial charge is 0.343 e. The molecule has 0 spiro atoms. The first-order chi connectivity index (χ1) is 18.4. The molecule has 1 heterocycles. The second-order valence-corrected chi connectivity index (χ2v) is 10.6. The fourth-order valence-electron chi connectivity index (χ4n) is 6.37. The normalized spacial score (nSPS) is 21.3. The third kappa shape index (κ3) is 6.68. The molecule has 1 saturated carbocycles. The average Bonchev–Trinajstić information content (AvgIpc) is 3.45. The summed E-state index contributed by atoms with van der Waals surface area (Å²) in [6, 6.07) is 8.16. The van der Waals surface area contributed by atoms with E-state index in [9.17, 15) is 19.2 Å². The summed E-state index contributed by atoms with van der Waals surface area (Å²) in [6.45, 7) is 0.643. The molecule has 4 atom stereocenters. The topological polar surface area (TPSA) is 148 Å². The molecule has 2 amide bonds. The van der Waals surface area contributed by atoms with Crippen LogP contribution < -0.4 is 22.1 Å². The third-order valence-electron chi connectivity index (χ3n) is 8.29. The Kier molecular flexibility index (Phi) is 11.4. The molecule has 0 aromatic heterocycles. The van der Waals surface area contributed by atoms with Crippen LogP contribution in [0, 0.1) is 5.92 Å². The van der Waals surface area contributed by atoms with E-state index in [-0.39, 0.29) is 24.2 Å². The summed E-state index contributed by atoms with van der Waals surface area (Å²) >= 11 is 0. The smallest absolute Gasteiger partial charge is 0.245 e. The summed E-state index contributed by atoms with van der Waals surface area (Å²) in [4.78, 5) is 54.7. The molecule has 2 aliphatic rings. The monoisotopic (exact) mass is 526 g/mol. The van der Waals surface area contributed by atoms with Crippen molar-refractivity contribution in [1.82, 2.24) is 15.5 Å². The van der Waals surface area contributed by atoms with Crippen LogP contribution in [-0.4, -0.2) is 73.1 Å². The van der Waals surface area contributed by atoms with E-state index < -0.39 is 29.4 Å². The number of hydrogen-bond donors (Lipinski definition) is 4. The lowest BCUT2D eigenvalue weighted by Gasteiger charge is -2.43. The number of likely N-dealkylation sites (tertiary alicyclic amines) is 1. The Morgan fingerprint density at radius 1 is 1.05 bits per heavy atom. The van der Waals surface area contributed by atoms with Crippen molar-refractivity contribution >= 4 is 23.9 Å². The molecule has 209 valence electrons. The van der Waals surface area contributed by atoms with Crippen LogP contribution in [0.4, 0.5) is 0 Å². The highest BCUT2D eigenvalue weighted by atomic mass is 16.2. The van der Waals surface area contributed by atoms with Gasteiger partial charge in [-0.05, 0) is 70.0 Å². The van der Waals surface area contributed by atoms with Crippen LogP contribution in [0.15, 0.2) is 30.3 Å². The maximum atomic E-state index is 14.4. The van der Waals surface area contributed by atoms with E-state index in [4.69, 9.17) is 11.5 Å². The van der Waals surface area contributed by atoms with Gasteiger partial charge in [0.2, 0.25) is 18.1 Å². The lowest BCUT2D eigenvalue weighted by atomic mass is 9.65. The summed E-state index contributed by atoms with van der Waals surface area (Å²) in [6.07, 6.45) is 10.2. The molecular weight excluding hydrogens is 482 g/mol. The number of rotatable bonds is 14. The van der Waals surface area contributed by atoms with Gasteiger partial charge in [0.1, 0.15) is 6.04 Å². The number of nitrogens with zero attached hydrogens (tertiary/aromatic N) is 1. The second-order valence-electron chi connectivity index (χ2n) is 10.6. The summed E-state index contributed by atoms with van der Waals surface area (Å²) in [5.74, 6) is -1.32. The second kappa shape index (κ2) is 14.5. The average molecular weight is 527 g/mol. The minimum atomic E-state index is -1.59. The van der Waals surface area contributed by atoms with Gasteiger partial charge >= 0.3 is 0 Å². The van der Waals surface area contributed by atoms with Crippen LogP contribution in [0.1, 0.15) is 75.7 Å². The van der Waals surface area contributed by atoms with Gasteiger partial charge in [0, 0.05) is 12.5 Å². The van der Waals surface area contributed by atoms with E-state index >= 15 is 0 Å². The molecule has 0 bridgehead atoms. The number of Topliss-reactive ketones (excluding diaryl/α,β-unsaturated/α-hetero) is 1. The van der Waals surface area contributed by atoms with Crippen molar-refractivity contribution in [3.63, 3.8) is 0 Å². The molecule has 1 aromatic rings. The molecule has 1 aliphatic carbocycles. The zero-order valence-corrected chi connectivity index (χ0v) is 22.6. The Balaban J connectivity index is 1.95. The van der Waals surface area contributed by atoms with Gasteiger partial charge in [0.25, 0.3) is 0 Å². The van der Waals surface area contributed by atoms with Crippen LogP contribution in [0.5, 0.6) is 0 Å². The SMILES string of the molecule is CN[C@]([C]=O)(C(=O)[C@@H]1CCCN1C(=O)[C@H](CCCCN)NC(=O)CN)C(c1ccccc1)C1CCCCC1. The van der Waals surface area contributed by atoms with Crippen molar-refractivity contribution in [2.75, 3.05) is 26.7 Å². The van der Waals surface area contributed by atoms with Crippen LogP contribution in [0.25, 0.3) is 0 Å². The maximum absolute atomic E-state index is 14.4. The molecule has 1 radical (unpaired) electrons. The van der Waals surface area contributed by atoms with Crippen molar-refractivity contribution in [2.24, 2.45) is 17.4 Å². The number of amides is 2. The van der Waals surface area contributed by atoms with E-state index in [1.165, 1.54) is 0 Å². The third-order valence-corrected chi connectivity index (χ3v) is 8.29. The quantitative estimate of drug-likeness (QED) is 0.212. The number of hydrogen-bond acceptors (Lipinski definition) is 7. The van der Waals surface area contributed by atoms with Crippen LogP contribution >= 0.6 is 0 Å². The number of carbonyl (C=O) groups is 3. The zero-order valence-electron chi connectivity index (χ0n) is 22.6. The van der Waals surface area contributed by atoms with Gasteiger partial charge in [-0.15, -0.1) is 0 Å². The van der Waals surface area contributed by atoms with Gasteiger partial charge < -0.3 is 27.0 Å². The van der Waals surface area contributed by atoms with E-state index in [1.54, 1.807) is 11.9 Å². The van der Waals surface area contributed by atoms with Gasteiger partial charge in [-0.3, -0.25) is 19.2 Å². The minimum absolute atomic E-state index is 0.141. The van der Waals surface area contributed by atoms with E-state index in [0.29, 0.717) is 45.2 Å². The minimum Gasteiger partial charge on any atom is -0.343 e. The van der Waals surface area contributed by atoms with Gasteiger partial charge in [-0.25, -0.2) is 0 Å². The number of benzene rings is 1. The first-order valence-electron chi connectivity index (χ1n) is 14.1. The Labute approximate surface area is 226 Å². The summed E-state index contributed by atoms with van der Waals surface area (Å²) in [7, 11) is 1.64. The lowest BCUT2D eigenvalue weighted by Crippen LogP contribution is -2.64. The standard InChI is InChI=1S/C29H44N5O4/c1-32-29(20-35,26(21-11-4-2-5-12-21)22-13-6-3-7-14-22)27(37)24-16-10-18-34(24)28(38)23(15-8-9-17-30)33-25(36)19-31/h2,4-5,11-12,22-24,26,32H,3,6-10,13-19,30-31H2,1H3,(H,33,36)/t23-,24-,26?,29-/m0/s1. The van der Waals surface area contributed by atoms with Gasteiger partial charge in [-0.1, -0.05) is 49.6 Å². The van der Waals surface area contributed by atoms with Gasteiger partial charge in [0.05, 0.1) is 12.6 Å². The van der Waals surface area contributed by atoms with Crippen molar-refractivity contribution < 1.29 is 19.2 Å². The summed E-state index contributed by atoms with van der Waals surface area (Å²) in [5.41, 5.74) is 10.5. The van der Waals surface area contributed by atoms with E-state index in [2.05, 4.69) is 16.9 Å². The predicted octanol–water partition coefficient (Wildman–Crippen LogP) is 1.55. The van der Waals surface area contributed by atoms with Crippen LogP contribution in [0.2, 0.25) is 0 Å². The fourth-order valence-corrected chi connectivity index (χ4v) is 6.37. The highest BCUT2D eigenvalue weighted by molar-refractivity contribution is 6.08. The van der Waals surface area contributed by atoms with Crippen molar-refractivity contribution in [2.45, 2.75) is 87.7 Å². The number of nitrogens with one attached hydrogen (secondary N) is 2. The highest BCUT2D eigenvalue weighted by Crippen LogP contribution is 2.43. The molecule has 6 N–H and O–H groups in total. The van der Waals surface area contributed by atoms with Crippen molar-refractivity contribution in [1.29, 1.82) is 0 Å². The summed E-state index contributed by atoms with van der Waals surface area (Å²) < 4.78 is 0. The maximum Gasteiger partial charge on any atom is 0.245 e. The van der Waals surface area contributed by atoms with Gasteiger partial charge in [-0.2, -0.15) is 0 Å². The van der Waals surface area contributed by atoms with Crippen LogP contribution in [-0.2, 0) is 19.2 Å². The molecule has 3 rings (SSSR count). The Morgan fingerprint density at radius 2 is 1.76 bits per heavy atom. The Hall–Kier alpha value is -2.62. The molecule has 38 heavy (non-hydrogen) atoms. The van der Waals surface area contributed by atoms with Crippen molar-refractivity contribution in [3.8, 4) is 0 Å². The lowest BCUT2D eigenvalue weighted by molar-refractivity contribution is -0.142. The fraction of sp³-hybridized carbons (Fsp3) is 0.655. The molecule has 9 nitrogen and oxygen atoms in total. The number of likely N-dealkylation sites (N-methyl/N-ethyl adjacent to an activating group) is 1. The molecule has 1 aliphatic heterocycles. The van der Waals surface area contributed by atoms with E-state index in [1.807, 2.05) is 30.3 Å². The molecule has 1 unspecified atom stereocenters. The number of ketones is 1. The highest BCUT2D eigenvalue weighted by Gasteiger charge is 2.54.